The first-order valence-electron chi connectivity index (χ1n) is 11.9. The molecule has 1 amide bonds. The minimum absolute atomic E-state index is 0. The van der Waals surface area contributed by atoms with E-state index in [4.69, 9.17) is 5.26 Å². The smallest absolute Gasteiger partial charge is 0.265 e. The zero-order chi connectivity index (χ0) is 26.8. The number of thioether (sulfide) groups is 1. The third-order valence-electron chi connectivity index (χ3n) is 5.49. The molecular formula is C28H32ClN3O4S2. The van der Waals surface area contributed by atoms with Crippen LogP contribution in [0.4, 0.5) is 0 Å². The Morgan fingerprint density at radius 2 is 1.68 bits per heavy atom. The van der Waals surface area contributed by atoms with Gasteiger partial charge >= 0.3 is 0 Å². The van der Waals surface area contributed by atoms with Crippen LogP contribution in [-0.4, -0.2) is 43.5 Å². The summed E-state index contributed by atoms with van der Waals surface area (Å²) in [5.74, 6) is -1.52. The number of halogens is 1. The van der Waals surface area contributed by atoms with Crippen LogP contribution in [0.2, 0.25) is 0 Å². The Morgan fingerprint density at radius 3 is 2.32 bits per heavy atom. The molecule has 0 unspecified atom stereocenters. The van der Waals surface area contributed by atoms with Crippen molar-refractivity contribution in [3.05, 3.63) is 89.5 Å². The predicted octanol–water partition coefficient (Wildman–Crippen LogP) is 4.72. The van der Waals surface area contributed by atoms with Crippen LogP contribution in [0.5, 0.6) is 0 Å². The van der Waals surface area contributed by atoms with E-state index >= 15 is 0 Å². The van der Waals surface area contributed by atoms with E-state index in [1.54, 1.807) is 18.2 Å². The highest BCUT2D eigenvalue weighted by Gasteiger charge is 2.20. The Labute approximate surface area is 235 Å². The Morgan fingerprint density at radius 1 is 1.03 bits per heavy atom. The average Bonchev–Trinajstić information content (AvgIpc) is 2.86. The molecule has 3 rings (SSSR count). The van der Waals surface area contributed by atoms with Gasteiger partial charge in [-0.25, -0.2) is 13.1 Å². The first-order valence-corrected chi connectivity index (χ1v) is 14.5. The molecule has 0 spiro atoms. The fourth-order valence-corrected chi connectivity index (χ4v) is 5.31. The summed E-state index contributed by atoms with van der Waals surface area (Å²) < 4.78 is 25.7. The molecule has 3 aromatic rings. The van der Waals surface area contributed by atoms with E-state index in [1.165, 1.54) is 11.8 Å². The van der Waals surface area contributed by atoms with Gasteiger partial charge in [0.25, 0.3) is 5.91 Å². The normalized spacial score (nSPS) is 11.9. The molecule has 0 radical (unpaired) electrons. The van der Waals surface area contributed by atoms with Gasteiger partial charge in [0.1, 0.15) is 0 Å². The number of amides is 1. The summed E-state index contributed by atoms with van der Waals surface area (Å²) in [6, 6.07) is 24.5. The van der Waals surface area contributed by atoms with Crippen molar-refractivity contribution in [3.8, 4) is 17.2 Å². The Bertz CT molecular complexity index is 1340. The van der Waals surface area contributed by atoms with Gasteiger partial charge in [-0.2, -0.15) is 5.26 Å². The molecule has 0 heterocycles. The molecule has 38 heavy (non-hydrogen) atoms. The molecule has 10 heteroatoms. The molecule has 3 N–H and O–H groups in total. The van der Waals surface area contributed by atoms with Gasteiger partial charge in [0.05, 0.1) is 17.7 Å². The number of carbonyl (C=O) groups is 1. The van der Waals surface area contributed by atoms with Crippen LogP contribution < -0.4 is 10.0 Å². The minimum atomic E-state index is -4.01. The number of carbonyl (C=O) groups excluding carboxylic acids is 1. The summed E-state index contributed by atoms with van der Waals surface area (Å²) in [5, 5.41) is 22.4. The third-order valence-corrected chi connectivity index (χ3v) is 7.56. The molecule has 3 aromatic carbocycles. The van der Waals surface area contributed by atoms with Crippen molar-refractivity contribution in [3.63, 3.8) is 0 Å². The van der Waals surface area contributed by atoms with Crippen molar-refractivity contribution in [2.45, 2.75) is 36.5 Å². The number of hydrogen-bond acceptors (Lipinski definition) is 7. The van der Waals surface area contributed by atoms with Crippen molar-refractivity contribution >= 4 is 40.1 Å². The number of nitrogens with zero attached hydrogens (tertiary/aromatic N) is 1. The highest BCUT2D eigenvalue weighted by Crippen LogP contribution is 2.32. The highest BCUT2D eigenvalue weighted by atomic mass is 35.5. The maximum absolute atomic E-state index is 12.6. The summed E-state index contributed by atoms with van der Waals surface area (Å²) in [6.07, 6.45) is 0.268. The van der Waals surface area contributed by atoms with E-state index in [2.05, 4.69) is 17.4 Å². The number of nitriles is 1. The third kappa shape index (κ3) is 9.46. The lowest BCUT2D eigenvalue weighted by atomic mass is 10.0. The highest BCUT2D eigenvalue weighted by molar-refractivity contribution is 8.00. The van der Waals surface area contributed by atoms with Gasteiger partial charge in [0.2, 0.25) is 10.0 Å². The molecule has 0 aliphatic rings. The Hall–Kier alpha value is -2.87. The summed E-state index contributed by atoms with van der Waals surface area (Å²) in [6.45, 7) is 5.20. The topological polar surface area (TPSA) is 119 Å². The lowest BCUT2D eigenvalue weighted by Crippen LogP contribution is -2.32. The second-order valence-corrected chi connectivity index (χ2v) is 12.1. The molecule has 0 aliphatic heterocycles. The molecule has 202 valence electrons. The molecular weight excluding hydrogens is 542 g/mol. The number of nitrogens with one attached hydrogen (secondary N) is 2. The van der Waals surface area contributed by atoms with Crippen molar-refractivity contribution in [1.29, 1.82) is 5.26 Å². The fourth-order valence-electron chi connectivity index (χ4n) is 3.69. The summed E-state index contributed by atoms with van der Waals surface area (Å²) in [4.78, 5) is 13.3. The zero-order valence-electron chi connectivity index (χ0n) is 21.3. The number of rotatable bonds is 12. The Balaban J connectivity index is 0.00000507. The van der Waals surface area contributed by atoms with Gasteiger partial charge in [-0.15, -0.1) is 24.2 Å². The molecule has 0 aliphatic carbocycles. The molecule has 7 nitrogen and oxygen atoms in total. The predicted molar refractivity (Wildman–Crippen MR) is 155 cm³/mol. The number of sulfonamides is 1. The van der Waals surface area contributed by atoms with E-state index < -0.39 is 27.8 Å². The SMILES string of the molecule is CC(C)Sc1cc(-c2ccc(CCNC[C@@H](O)c3ccccc3)cc2)ccc1C(=O)NS(=O)(=O)CC#N.Cl. The van der Waals surface area contributed by atoms with E-state index in [0.29, 0.717) is 11.4 Å². The molecule has 0 bridgehead atoms. The Kier molecular flexibility index (Phi) is 12.3. The van der Waals surface area contributed by atoms with Crippen molar-refractivity contribution in [2.24, 2.45) is 0 Å². The average molecular weight is 574 g/mol. The molecule has 1 atom stereocenters. The van der Waals surface area contributed by atoms with Crippen LogP contribution in [0, 0.1) is 11.3 Å². The van der Waals surface area contributed by atoms with Gasteiger partial charge in [0.15, 0.2) is 5.75 Å². The van der Waals surface area contributed by atoms with Gasteiger partial charge < -0.3 is 10.4 Å². The van der Waals surface area contributed by atoms with E-state index in [-0.39, 0.29) is 23.2 Å². The van der Waals surface area contributed by atoms with Crippen LogP contribution in [0.25, 0.3) is 11.1 Å². The van der Waals surface area contributed by atoms with Gasteiger partial charge in [-0.1, -0.05) is 74.5 Å². The van der Waals surface area contributed by atoms with Crippen molar-refractivity contribution in [1.82, 2.24) is 10.0 Å². The lowest BCUT2D eigenvalue weighted by Gasteiger charge is -2.14. The second-order valence-electron chi connectivity index (χ2n) is 8.80. The van der Waals surface area contributed by atoms with E-state index in [9.17, 15) is 18.3 Å². The van der Waals surface area contributed by atoms with Crippen LogP contribution in [0.3, 0.4) is 0 Å². The van der Waals surface area contributed by atoms with E-state index in [1.807, 2.05) is 67.1 Å². The number of aliphatic hydroxyl groups excluding tert-OH is 1. The maximum atomic E-state index is 12.6. The van der Waals surface area contributed by atoms with Gasteiger partial charge in [0, 0.05) is 16.7 Å². The summed E-state index contributed by atoms with van der Waals surface area (Å²) in [7, 11) is -4.01. The van der Waals surface area contributed by atoms with E-state index in [0.717, 1.165) is 35.2 Å². The minimum Gasteiger partial charge on any atom is -0.387 e. The standard InChI is InChI=1S/C28H31N3O4S2.ClH/c1-20(2)36-27-18-24(12-13-25(27)28(33)31-37(34,35)17-15-29)22-10-8-21(9-11-22)14-16-30-19-26(32)23-6-4-3-5-7-23;/h3-13,18,20,26,30,32H,14,16-17,19H2,1-2H3,(H,31,33);1H/t26-;/m1./s1. The van der Waals surface area contributed by atoms with Crippen LogP contribution >= 0.6 is 24.2 Å². The zero-order valence-corrected chi connectivity index (χ0v) is 23.7. The molecule has 0 fully saturated rings. The first-order chi connectivity index (χ1) is 17.7. The van der Waals surface area contributed by atoms with Gasteiger partial charge in [-0.3, -0.25) is 4.79 Å². The summed E-state index contributed by atoms with van der Waals surface area (Å²) in [5.41, 5.74) is 4.19. The molecule has 0 saturated heterocycles. The molecule has 0 aromatic heterocycles. The fraction of sp³-hybridized carbons (Fsp3) is 0.286. The lowest BCUT2D eigenvalue weighted by molar-refractivity contribution is 0.0978. The number of benzene rings is 3. The van der Waals surface area contributed by atoms with Crippen molar-refractivity contribution < 1.29 is 18.3 Å². The quantitative estimate of drug-likeness (QED) is 0.212. The van der Waals surface area contributed by atoms with Crippen molar-refractivity contribution in [2.75, 3.05) is 18.8 Å². The number of hydrogen-bond donors (Lipinski definition) is 3. The first kappa shape index (κ1) is 31.3. The van der Waals surface area contributed by atoms with Crippen LogP contribution in [0.1, 0.15) is 41.4 Å². The largest absolute Gasteiger partial charge is 0.387 e. The molecule has 0 saturated carbocycles. The second kappa shape index (κ2) is 14.9. The maximum Gasteiger partial charge on any atom is 0.265 e. The van der Waals surface area contributed by atoms with Crippen LogP contribution in [0.15, 0.2) is 77.7 Å². The monoisotopic (exact) mass is 573 g/mol. The van der Waals surface area contributed by atoms with Gasteiger partial charge in [-0.05, 0) is 47.4 Å². The summed E-state index contributed by atoms with van der Waals surface area (Å²) >= 11 is 1.47. The number of aliphatic hydroxyl groups is 1. The van der Waals surface area contributed by atoms with Crippen LogP contribution in [-0.2, 0) is 16.4 Å².